The van der Waals surface area contributed by atoms with E-state index in [4.69, 9.17) is 20.8 Å². The van der Waals surface area contributed by atoms with E-state index in [9.17, 15) is 8.78 Å². The van der Waals surface area contributed by atoms with Crippen LogP contribution in [0.25, 0.3) is 11.5 Å². The number of hydrogen-bond acceptors (Lipinski definition) is 5. The maximum absolute atomic E-state index is 13.2. The molecule has 3 aromatic rings. The molecule has 2 heterocycles. The summed E-state index contributed by atoms with van der Waals surface area (Å²) in [6.45, 7) is 1.42. The first-order valence-corrected chi connectivity index (χ1v) is 7.41. The van der Waals surface area contributed by atoms with Gasteiger partial charge < -0.3 is 9.15 Å². The molecule has 0 amide bonds. The molecule has 0 aliphatic heterocycles. The lowest BCUT2D eigenvalue weighted by molar-refractivity contribution is 0.299. The van der Waals surface area contributed by atoms with Crippen molar-refractivity contribution in [2.45, 2.75) is 19.7 Å². The number of aromatic nitrogens is 3. The second-order valence-electron chi connectivity index (χ2n) is 4.96. The van der Waals surface area contributed by atoms with Gasteiger partial charge in [0.25, 0.3) is 5.89 Å². The Balaban J connectivity index is 1.69. The summed E-state index contributed by atoms with van der Waals surface area (Å²) in [5.74, 6) is -0.103. The number of benzene rings is 1. The van der Waals surface area contributed by atoms with E-state index in [1.54, 1.807) is 12.1 Å². The Morgan fingerprint density at radius 3 is 2.75 bits per heavy atom. The van der Waals surface area contributed by atoms with Crippen LogP contribution in [0.1, 0.15) is 24.7 Å². The molecule has 8 heteroatoms. The molecule has 5 nitrogen and oxygen atoms in total. The fraction of sp³-hybridized carbons (Fsp3) is 0.188. The molecule has 0 spiro atoms. The van der Waals surface area contributed by atoms with Crippen LogP contribution in [-0.4, -0.2) is 15.2 Å². The van der Waals surface area contributed by atoms with E-state index < -0.39 is 12.0 Å². The van der Waals surface area contributed by atoms with Gasteiger partial charge in [-0.25, -0.2) is 8.78 Å². The van der Waals surface area contributed by atoms with Crippen molar-refractivity contribution in [3.05, 3.63) is 59.0 Å². The summed E-state index contributed by atoms with van der Waals surface area (Å²) in [5, 5.41) is 7.69. The molecule has 0 saturated carbocycles. The smallest absolute Gasteiger partial charge is 0.250 e. The quantitative estimate of drug-likeness (QED) is 0.675. The van der Waals surface area contributed by atoms with Gasteiger partial charge in [0.1, 0.15) is 18.2 Å². The standard InChI is InChI=1S/C16H12ClF2N3O2/c1-9(18)15-21-22-16(24-15)10-2-4-12(20-7-10)8-23-14-6-11(19)3-5-13(14)17/h2-7,9H,8H2,1H3. The van der Waals surface area contributed by atoms with Crippen molar-refractivity contribution >= 4 is 11.6 Å². The van der Waals surface area contributed by atoms with E-state index in [1.807, 2.05) is 0 Å². The maximum atomic E-state index is 13.2. The summed E-state index contributed by atoms with van der Waals surface area (Å²) in [5.41, 5.74) is 1.15. The average molecular weight is 352 g/mol. The van der Waals surface area contributed by atoms with E-state index in [1.165, 1.54) is 31.3 Å². The van der Waals surface area contributed by atoms with Crippen LogP contribution < -0.4 is 4.74 Å². The second kappa shape index (κ2) is 6.92. The second-order valence-corrected chi connectivity index (χ2v) is 5.37. The van der Waals surface area contributed by atoms with Gasteiger partial charge in [-0.2, -0.15) is 0 Å². The molecule has 3 rings (SSSR count). The van der Waals surface area contributed by atoms with Gasteiger partial charge >= 0.3 is 0 Å². The topological polar surface area (TPSA) is 61.0 Å². The van der Waals surface area contributed by atoms with E-state index in [-0.39, 0.29) is 24.1 Å². The van der Waals surface area contributed by atoms with Crippen LogP contribution in [0, 0.1) is 5.82 Å². The molecule has 0 bridgehead atoms. The summed E-state index contributed by atoms with van der Waals surface area (Å²) >= 11 is 5.93. The van der Waals surface area contributed by atoms with Crippen LogP contribution in [0.5, 0.6) is 5.75 Å². The molecule has 1 atom stereocenters. The molecular formula is C16H12ClF2N3O2. The third-order valence-electron chi connectivity index (χ3n) is 3.12. The molecule has 1 unspecified atom stereocenters. The highest BCUT2D eigenvalue weighted by Crippen LogP contribution is 2.26. The highest BCUT2D eigenvalue weighted by atomic mass is 35.5. The highest BCUT2D eigenvalue weighted by Gasteiger charge is 2.14. The van der Waals surface area contributed by atoms with Crippen LogP contribution in [0.4, 0.5) is 8.78 Å². The fourth-order valence-corrected chi connectivity index (χ4v) is 2.06. The number of nitrogens with zero attached hydrogens (tertiary/aromatic N) is 3. The van der Waals surface area contributed by atoms with Crippen LogP contribution in [0.3, 0.4) is 0 Å². The van der Waals surface area contributed by atoms with Crippen molar-refractivity contribution in [1.29, 1.82) is 0 Å². The maximum Gasteiger partial charge on any atom is 0.250 e. The van der Waals surface area contributed by atoms with Crippen molar-refractivity contribution in [3.63, 3.8) is 0 Å². The normalized spacial score (nSPS) is 12.2. The third-order valence-corrected chi connectivity index (χ3v) is 3.43. The first-order valence-electron chi connectivity index (χ1n) is 7.03. The van der Waals surface area contributed by atoms with E-state index >= 15 is 0 Å². The summed E-state index contributed by atoms with van der Waals surface area (Å²) in [4.78, 5) is 4.19. The summed E-state index contributed by atoms with van der Waals surface area (Å²) in [6.07, 6.45) is 0.175. The molecule has 124 valence electrons. The number of ether oxygens (including phenoxy) is 1. The minimum Gasteiger partial charge on any atom is -0.486 e. The molecule has 0 N–H and O–H groups in total. The van der Waals surface area contributed by atoms with Gasteiger partial charge in [-0.1, -0.05) is 11.6 Å². The zero-order valence-electron chi connectivity index (χ0n) is 12.5. The number of hydrogen-bond donors (Lipinski definition) is 0. The SMILES string of the molecule is CC(F)c1nnc(-c2ccc(COc3cc(F)ccc3Cl)nc2)o1. The molecule has 0 aliphatic rings. The van der Waals surface area contributed by atoms with Crippen LogP contribution in [-0.2, 0) is 6.61 Å². The Hall–Kier alpha value is -2.54. The third kappa shape index (κ3) is 3.68. The van der Waals surface area contributed by atoms with Crippen molar-refractivity contribution in [2.75, 3.05) is 0 Å². The first-order chi connectivity index (χ1) is 11.5. The van der Waals surface area contributed by atoms with E-state index in [2.05, 4.69) is 15.2 Å². The zero-order chi connectivity index (χ0) is 17.1. The molecule has 24 heavy (non-hydrogen) atoms. The number of alkyl halides is 1. The molecule has 2 aromatic heterocycles. The summed E-state index contributed by atoms with van der Waals surface area (Å²) in [6, 6.07) is 7.25. The number of halogens is 3. The lowest BCUT2D eigenvalue weighted by Gasteiger charge is -2.07. The Labute approximate surface area is 141 Å². The van der Waals surface area contributed by atoms with Gasteiger partial charge in [-0.05, 0) is 31.2 Å². The first kappa shape index (κ1) is 16.3. The van der Waals surface area contributed by atoms with Crippen molar-refractivity contribution in [1.82, 2.24) is 15.2 Å². The van der Waals surface area contributed by atoms with Crippen molar-refractivity contribution in [2.24, 2.45) is 0 Å². The Morgan fingerprint density at radius 2 is 2.08 bits per heavy atom. The van der Waals surface area contributed by atoms with Crippen LogP contribution in [0.2, 0.25) is 5.02 Å². The molecule has 0 saturated heterocycles. The van der Waals surface area contributed by atoms with E-state index in [0.717, 1.165) is 0 Å². The lowest BCUT2D eigenvalue weighted by atomic mass is 10.2. The lowest BCUT2D eigenvalue weighted by Crippen LogP contribution is -1.99. The van der Waals surface area contributed by atoms with Crippen LogP contribution in [0.15, 0.2) is 40.9 Å². The molecule has 1 aromatic carbocycles. The fourth-order valence-electron chi connectivity index (χ4n) is 1.89. The predicted octanol–water partition coefficient (Wildman–Crippen LogP) is 4.53. The summed E-state index contributed by atoms with van der Waals surface area (Å²) < 4.78 is 36.9. The van der Waals surface area contributed by atoms with Crippen LogP contribution >= 0.6 is 11.6 Å². The van der Waals surface area contributed by atoms with Gasteiger partial charge in [0, 0.05) is 12.3 Å². The van der Waals surface area contributed by atoms with Crippen molar-refractivity contribution in [3.8, 4) is 17.2 Å². The number of pyridine rings is 1. The number of rotatable bonds is 5. The highest BCUT2D eigenvalue weighted by molar-refractivity contribution is 6.32. The average Bonchev–Trinajstić information content (AvgIpc) is 3.06. The van der Waals surface area contributed by atoms with Gasteiger partial charge in [0.2, 0.25) is 5.89 Å². The molecular weight excluding hydrogens is 340 g/mol. The largest absolute Gasteiger partial charge is 0.486 e. The molecule has 0 fully saturated rings. The molecule has 0 aliphatic carbocycles. The minimum absolute atomic E-state index is 0.0850. The Bertz CT molecular complexity index is 838. The van der Waals surface area contributed by atoms with Gasteiger partial charge in [0.15, 0.2) is 6.17 Å². The van der Waals surface area contributed by atoms with Gasteiger partial charge in [-0.3, -0.25) is 4.98 Å². The Kier molecular flexibility index (Phi) is 4.71. The Morgan fingerprint density at radius 1 is 1.25 bits per heavy atom. The zero-order valence-corrected chi connectivity index (χ0v) is 13.3. The monoisotopic (exact) mass is 351 g/mol. The van der Waals surface area contributed by atoms with Crippen molar-refractivity contribution < 1.29 is 17.9 Å². The molecule has 0 radical (unpaired) electrons. The van der Waals surface area contributed by atoms with E-state index in [0.29, 0.717) is 16.3 Å². The van der Waals surface area contributed by atoms with Gasteiger partial charge in [0.05, 0.1) is 16.3 Å². The predicted molar refractivity (Wildman–Crippen MR) is 82.8 cm³/mol. The van der Waals surface area contributed by atoms with Gasteiger partial charge in [-0.15, -0.1) is 10.2 Å². The summed E-state index contributed by atoms with van der Waals surface area (Å²) in [7, 11) is 0. The minimum atomic E-state index is -1.33.